The molecule has 2 aliphatic heterocycles. The molecule has 0 aromatic carbocycles. The predicted octanol–water partition coefficient (Wildman–Crippen LogP) is 4.17. The van der Waals surface area contributed by atoms with Crippen LogP contribution in [-0.2, 0) is 14.3 Å². The molecule has 3 heterocycles. The Kier molecular flexibility index (Phi) is 10.8. The van der Waals surface area contributed by atoms with Crippen LogP contribution in [0.15, 0.2) is 6.20 Å². The summed E-state index contributed by atoms with van der Waals surface area (Å²) < 4.78 is 53.0. The monoisotopic (exact) mass is 632 g/mol. The number of thiazole rings is 1. The average molecular weight is 633 g/mol. The number of nitrogens with one attached hydrogen (secondary N) is 3. The summed E-state index contributed by atoms with van der Waals surface area (Å²) in [6, 6.07) is -2.33. The summed E-state index contributed by atoms with van der Waals surface area (Å²) in [6.07, 6.45) is 3.51. The molecule has 11 nitrogen and oxygen atoms in total. The molecule has 43 heavy (non-hydrogen) atoms. The van der Waals surface area contributed by atoms with E-state index in [0.717, 1.165) is 41.9 Å². The van der Waals surface area contributed by atoms with Crippen molar-refractivity contribution < 1.29 is 37.0 Å². The fourth-order valence-electron chi connectivity index (χ4n) is 5.69. The maximum Gasteiger partial charge on any atom is 0.408 e. The predicted molar refractivity (Wildman–Crippen MR) is 155 cm³/mol. The molecule has 4 amide bonds. The summed E-state index contributed by atoms with van der Waals surface area (Å²) in [4.78, 5) is 46.7. The first kappa shape index (κ1) is 33.2. The van der Waals surface area contributed by atoms with E-state index in [2.05, 4.69) is 27.9 Å². The number of hydrogen-bond acceptors (Lipinski definition) is 8. The largest absolute Gasteiger partial charge is 0.444 e. The molecule has 3 fully saturated rings. The highest BCUT2D eigenvalue weighted by Gasteiger charge is 2.43. The van der Waals surface area contributed by atoms with Gasteiger partial charge in [-0.3, -0.25) is 9.69 Å². The van der Waals surface area contributed by atoms with Crippen molar-refractivity contribution in [1.82, 2.24) is 25.4 Å². The van der Waals surface area contributed by atoms with Crippen LogP contribution in [0.2, 0.25) is 0 Å². The average Bonchev–Trinajstić information content (AvgIpc) is 3.39. The van der Waals surface area contributed by atoms with Crippen LogP contribution in [0.5, 0.6) is 0 Å². The number of rotatable bonds is 9. The minimum absolute atomic E-state index is 0.0973. The van der Waals surface area contributed by atoms with Gasteiger partial charge in [0.15, 0.2) is 5.13 Å². The summed E-state index contributed by atoms with van der Waals surface area (Å²) in [5, 5.41) is 8.00. The highest BCUT2D eigenvalue weighted by atomic mass is 32.1. The van der Waals surface area contributed by atoms with E-state index in [4.69, 9.17) is 9.47 Å². The van der Waals surface area contributed by atoms with Gasteiger partial charge in [0, 0.05) is 25.8 Å². The van der Waals surface area contributed by atoms with Gasteiger partial charge < -0.3 is 30.3 Å². The Morgan fingerprint density at radius 2 is 2.00 bits per heavy atom. The van der Waals surface area contributed by atoms with Crippen LogP contribution in [0, 0.1) is 11.8 Å². The third-order valence-electron chi connectivity index (χ3n) is 7.93. The van der Waals surface area contributed by atoms with Crippen LogP contribution < -0.4 is 16.0 Å². The standard InChI is InChI=1S/C28H43F3N6O5S/c1-17-5-7-18(8-6-17)22(34-26(40)42-27(2,3)4)23(38)35-24-32-12-21(43-24)20(14-36-9-10-41-19(11-29)13-36)37-16-28(30,31)15-33-25(37)39/h12,17-20,22H,5-11,13-16H2,1-4H3,(H,33,39)(H,34,40)(H,32,35,38)/t17?,18?,19-,20-,22+/m1/s1. The third-order valence-corrected chi connectivity index (χ3v) is 8.95. The molecule has 2 saturated heterocycles. The number of amides is 4. The molecule has 1 saturated carbocycles. The number of halogens is 3. The zero-order valence-corrected chi connectivity index (χ0v) is 26.0. The molecule has 0 spiro atoms. The molecule has 1 aromatic heterocycles. The van der Waals surface area contributed by atoms with Gasteiger partial charge in [0.05, 0.1) is 36.7 Å². The number of alkyl carbamates (subject to hydrolysis) is 1. The Morgan fingerprint density at radius 1 is 1.28 bits per heavy atom. The molecule has 15 heteroatoms. The Morgan fingerprint density at radius 3 is 2.67 bits per heavy atom. The van der Waals surface area contributed by atoms with E-state index >= 15 is 0 Å². The van der Waals surface area contributed by atoms with Gasteiger partial charge in [0.1, 0.15) is 18.3 Å². The van der Waals surface area contributed by atoms with E-state index in [1.165, 1.54) is 6.20 Å². The van der Waals surface area contributed by atoms with E-state index in [9.17, 15) is 27.6 Å². The minimum atomic E-state index is -3.14. The van der Waals surface area contributed by atoms with Crippen LogP contribution in [0.3, 0.4) is 0 Å². The second-order valence-electron chi connectivity index (χ2n) is 12.8. The number of ether oxygens (including phenoxy) is 2. The van der Waals surface area contributed by atoms with E-state index in [1.54, 1.807) is 20.8 Å². The maximum atomic E-state index is 14.4. The van der Waals surface area contributed by atoms with Gasteiger partial charge >= 0.3 is 12.1 Å². The number of anilines is 1. The van der Waals surface area contributed by atoms with Crippen LogP contribution >= 0.6 is 11.3 Å². The number of carbonyl (C=O) groups is 3. The lowest BCUT2D eigenvalue weighted by molar-refractivity contribution is -0.119. The van der Waals surface area contributed by atoms with Gasteiger partial charge in [-0.05, 0) is 45.4 Å². The number of morpholine rings is 1. The van der Waals surface area contributed by atoms with Crippen molar-refractivity contribution in [2.24, 2.45) is 11.8 Å². The first-order chi connectivity index (χ1) is 20.2. The summed E-state index contributed by atoms with van der Waals surface area (Å²) in [6.45, 7) is 6.28. The number of urea groups is 1. The zero-order valence-electron chi connectivity index (χ0n) is 25.2. The second kappa shape index (κ2) is 14.0. The highest BCUT2D eigenvalue weighted by Crippen LogP contribution is 2.35. The minimum Gasteiger partial charge on any atom is -0.444 e. The first-order valence-electron chi connectivity index (χ1n) is 14.8. The number of alkyl halides is 3. The Balaban J connectivity index is 1.53. The molecule has 3 N–H and O–H groups in total. The highest BCUT2D eigenvalue weighted by molar-refractivity contribution is 7.15. The van der Waals surface area contributed by atoms with Crippen molar-refractivity contribution in [1.29, 1.82) is 0 Å². The number of hydrogen-bond donors (Lipinski definition) is 3. The SMILES string of the molecule is CC1CCC([C@H](NC(=O)OC(C)(C)C)C(=O)Nc2ncc([C@@H](CN3CCO[C@H](CF)C3)N3CC(F)(F)CNC3=O)s2)CC1. The fourth-order valence-corrected chi connectivity index (χ4v) is 6.62. The molecule has 3 atom stereocenters. The van der Waals surface area contributed by atoms with Crippen molar-refractivity contribution in [3.8, 4) is 0 Å². The van der Waals surface area contributed by atoms with Crippen molar-refractivity contribution >= 4 is 34.5 Å². The van der Waals surface area contributed by atoms with Crippen LogP contribution in [0.25, 0.3) is 0 Å². The Hall–Kier alpha value is -2.65. The lowest BCUT2D eigenvalue weighted by atomic mass is 9.79. The van der Waals surface area contributed by atoms with Gasteiger partial charge in [-0.25, -0.2) is 27.7 Å². The summed E-state index contributed by atoms with van der Waals surface area (Å²) >= 11 is 1.07. The van der Waals surface area contributed by atoms with Crippen molar-refractivity contribution in [2.45, 2.75) is 83.1 Å². The van der Waals surface area contributed by atoms with Gasteiger partial charge in [-0.1, -0.05) is 31.1 Å². The van der Waals surface area contributed by atoms with Crippen molar-refractivity contribution in [2.75, 3.05) is 51.3 Å². The van der Waals surface area contributed by atoms with Gasteiger partial charge in [-0.15, -0.1) is 0 Å². The number of carbonyl (C=O) groups excluding carboxylic acids is 3. The molecule has 0 radical (unpaired) electrons. The normalized spacial score (nSPS) is 26.3. The van der Waals surface area contributed by atoms with E-state index in [0.29, 0.717) is 17.3 Å². The topological polar surface area (TPSA) is 125 Å². The summed E-state index contributed by atoms with van der Waals surface area (Å²) in [5.41, 5.74) is -0.742. The molecular formula is C28H43F3N6O5S. The number of aromatic nitrogens is 1. The molecule has 0 bridgehead atoms. The second-order valence-corrected chi connectivity index (χ2v) is 13.8. The lowest BCUT2D eigenvalue weighted by Gasteiger charge is -2.41. The van der Waals surface area contributed by atoms with Crippen LogP contribution in [0.1, 0.15) is 64.3 Å². The zero-order chi connectivity index (χ0) is 31.4. The molecule has 0 unspecified atom stereocenters. The third kappa shape index (κ3) is 9.42. The Labute approximate surface area is 254 Å². The Bertz CT molecular complexity index is 1130. The van der Waals surface area contributed by atoms with Crippen LogP contribution in [-0.4, -0.2) is 102 Å². The first-order valence-corrected chi connectivity index (χ1v) is 15.6. The molecule has 3 aliphatic rings. The van der Waals surface area contributed by atoms with Gasteiger partial charge in [-0.2, -0.15) is 0 Å². The van der Waals surface area contributed by atoms with Gasteiger partial charge in [0.2, 0.25) is 5.91 Å². The van der Waals surface area contributed by atoms with Crippen molar-refractivity contribution in [3.05, 3.63) is 11.1 Å². The van der Waals surface area contributed by atoms with E-state index < -0.39 is 67.5 Å². The smallest absolute Gasteiger partial charge is 0.408 e. The fraction of sp³-hybridized carbons (Fsp3) is 0.786. The van der Waals surface area contributed by atoms with Crippen LogP contribution in [0.4, 0.5) is 27.9 Å². The lowest BCUT2D eigenvalue weighted by Crippen LogP contribution is -2.59. The maximum absolute atomic E-state index is 14.4. The van der Waals surface area contributed by atoms with E-state index in [-0.39, 0.29) is 30.7 Å². The molecule has 1 aliphatic carbocycles. The molecule has 1 aromatic rings. The number of nitrogens with zero attached hydrogens (tertiary/aromatic N) is 3. The summed E-state index contributed by atoms with van der Waals surface area (Å²) in [5.74, 6) is -3.16. The molecule has 4 rings (SSSR count). The molecule has 242 valence electrons. The quantitative estimate of drug-likeness (QED) is 0.373. The molecular weight excluding hydrogens is 589 g/mol. The van der Waals surface area contributed by atoms with Crippen molar-refractivity contribution in [3.63, 3.8) is 0 Å². The summed E-state index contributed by atoms with van der Waals surface area (Å²) in [7, 11) is 0. The van der Waals surface area contributed by atoms with E-state index in [1.807, 2.05) is 4.90 Å². The van der Waals surface area contributed by atoms with Gasteiger partial charge in [0.25, 0.3) is 5.92 Å².